The lowest BCUT2D eigenvalue weighted by molar-refractivity contribution is 0.306. The fraction of sp³-hybridized carbons (Fsp3) is 0.533. The minimum Gasteiger partial charge on any atom is -0.497 e. The van der Waals surface area contributed by atoms with E-state index in [0.717, 1.165) is 18.7 Å². The Labute approximate surface area is 145 Å². The molecule has 0 aromatic heterocycles. The van der Waals surface area contributed by atoms with Crippen molar-refractivity contribution in [1.82, 2.24) is 10.2 Å². The molecule has 0 heterocycles. The maximum atomic E-state index is 5.83. The Balaban J connectivity index is 0.00000400. The maximum absolute atomic E-state index is 5.83. The largest absolute Gasteiger partial charge is 0.497 e. The van der Waals surface area contributed by atoms with Gasteiger partial charge in [-0.2, -0.15) is 0 Å². The average molecular weight is 406 g/mol. The number of aliphatic imine (C=N–C) groups is 1. The maximum Gasteiger partial charge on any atom is 0.188 e. The molecule has 1 atom stereocenters. The fourth-order valence-electron chi connectivity index (χ4n) is 1.89. The van der Waals surface area contributed by atoms with Gasteiger partial charge in [-0.05, 0) is 38.2 Å². The van der Waals surface area contributed by atoms with E-state index in [1.807, 2.05) is 26.2 Å². The van der Waals surface area contributed by atoms with Crippen molar-refractivity contribution in [1.29, 1.82) is 0 Å². The van der Waals surface area contributed by atoms with E-state index in [2.05, 4.69) is 34.3 Å². The predicted octanol–water partition coefficient (Wildman–Crippen LogP) is 2.23. The van der Waals surface area contributed by atoms with Crippen LogP contribution in [0.15, 0.2) is 29.3 Å². The summed E-state index contributed by atoms with van der Waals surface area (Å²) < 4.78 is 5.18. The Morgan fingerprint density at radius 3 is 2.43 bits per heavy atom. The van der Waals surface area contributed by atoms with Crippen LogP contribution in [-0.2, 0) is 0 Å². The molecule has 0 aliphatic carbocycles. The number of nitrogens with two attached hydrogens (primary N) is 1. The zero-order chi connectivity index (χ0) is 15.0. The first-order valence-electron chi connectivity index (χ1n) is 6.92. The van der Waals surface area contributed by atoms with Gasteiger partial charge in [0, 0.05) is 6.54 Å². The first-order chi connectivity index (χ1) is 9.58. The number of hydrogen-bond donors (Lipinski definition) is 2. The summed E-state index contributed by atoms with van der Waals surface area (Å²) in [6.07, 6.45) is 1.03. The lowest BCUT2D eigenvalue weighted by Crippen LogP contribution is -2.33. The van der Waals surface area contributed by atoms with E-state index in [4.69, 9.17) is 10.5 Å². The lowest BCUT2D eigenvalue weighted by atomic mass is 10.1. The van der Waals surface area contributed by atoms with Crippen molar-refractivity contribution in [3.63, 3.8) is 0 Å². The molecule has 1 aromatic rings. The monoisotopic (exact) mass is 406 g/mol. The fourth-order valence-corrected chi connectivity index (χ4v) is 1.89. The molecule has 0 amide bonds. The molecule has 5 nitrogen and oxygen atoms in total. The Morgan fingerprint density at radius 2 is 1.95 bits per heavy atom. The minimum atomic E-state index is 0. The molecule has 0 radical (unpaired) electrons. The molecular formula is C15H27IN4O. The van der Waals surface area contributed by atoms with Crippen LogP contribution in [0.1, 0.15) is 24.9 Å². The van der Waals surface area contributed by atoms with Crippen LogP contribution in [0, 0.1) is 0 Å². The van der Waals surface area contributed by atoms with Gasteiger partial charge < -0.3 is 20.7 Å². The third kappa shape index (κ3) is 6.99. The zero-order valence-electron chi connectivity index (χ0n) is 13.3. The number of guanidine groups is 1. The number of benzene rings is 1. The van der Waals surface area contributed by atoms with Gasteiger partial charge in [0.05, 0.1) is 19.7 Å². The number of halogens is 1. The zero-order valence-corrected chi connectivity index (χ0v) is 15.6. The smallest absolute Gasteiger partial charge is 0.188 e. The molecule has 3 N–H and O–H groups in total. The first-order valence-corrected chi connectivity index (χ1v) is 6.92. The molecule has 1 unspecified atom stereocenters. The summed E-state index contributed by atoms with van der Waals surface area (Å²) in [5, 5.41) is 3.09. The number of ether oxygens (including phenoxy) is 1. The normalized spacial score (nSPS) is 12.7. The van der Waals surface area contributed by atoms with Crippen LogP contribution in [0.4, 0.5) is 0 Å². The predicted molar refractivity (Wildman–Crippen MR) is 99.6 cm³/mol. The molecular weight excluding hydrogens is 379 g/mol. The Hall–Kier alpha value is -1.02. The second kappa shape index (κ2) is 10.7. The highest BCUT2D eigenvalue weighted by Gasteiger charge is 2.13. The van der Waals surface area contributed by atoms with Gasteiger partial charge >= 0.3 is 0 Å². The summed E-state index contributed by atoms with van der Waals surface area (Å²) in [5.74, 6) is 1.37. The molecule has 0 saturated heterocycles. The summed E-state index contributed by atoms with van der Waals surface area (Å²) in [5.41, 5.74) is 7.03. The van der Waals surface area contributed by atoms with Crippen LogP contribution < -0.4 is 15.8 Å². The van der Waals surface area contributed by atoms with Gasteiger partial charge in [0.2, 0.25) is 0 Å². The molecule has 0 bridgehead atoms. The molecule has 1 aromatic carbocycles. The van der Waals surface area contributed by atoms with Crippen molar-refractivity contribution < 1.29 is 4.74 Å². The van der Waals surface area contributed by atoms with E-state index >= 15 is 0 Å². The van der Waals surface area contributed by atoms with E-state index in [1.54, 1.807) is 7.11 Å². The number of nitrogens with one attached hydrogen (secondary N) is 1. The SMILES string of the molecule is CCCNC(N)=NCC(c1ccc(OC)cc1)N(C)C.I. The number of likely N-dealkylation sites (N-methyl/N-ethyl adjacent to an activating group) is 1. The number of methoxy groups -OCH3 is 1. The Morgan fingerprint density at radius 1 is 1.33 bits per heavy atom. The van der Waals surface area contributed by atoms with Crippen LogP contribution in [0.5, 0.6) is 5.75 Å². The molecule has 0 saturated carbocycles. The standard InChI is InChI=1S/C15H26N4O.HI/c1-5-10-17-15(16)18-11-14(19(2)3)12-6-8-13(20-4)9-7-12;/h6-9,14H,5,10-11H2,1-4H3,(H3,16,17,18);1H. The second-order valence-electron chi connectivity index (χ2n) is 4.91. The lowest BCUT2D eigenvalue weighted by Gasteiger charge is -2.23. The topological polar surface area (TPSA) is 62.9 Å². The highest BCUT2D eigenvalue weighted by atomic mass is 127. The van der Waals surface area contributed by atoms with Crippen molar-refractivity contribution >= 4 is 29.9 Å². The van der Waals surface area contributed by atoms with Crippen molar-refractivity contribution in [2.45, 2.75) is 19.4 Å². The van der Waals surface area contributed by atoms with Crippen LogP contribution in [0.2, 0.25) is 0 Å². The van der Waals surface area contributed by atoms with Crippen LogP contribution >= 0.6 is 24.0 Å². The van der Waals surface area contributed by atoms with Crippen LogP contribution in [0.3, 0.4) is 0 Å². The Kier molecular flexibility index (Phi) is 10.2. The van der Waals surface area contributed by atoms with Gasteiger partial charge in [0.1, 0.15) is 5.75 Å². The van der Waals surface area contributed by atoms with Gasteiger partial charge in [0.25, 0.3) is 0 Å². The van der Waals surface area contributed by atoms with E-state index in [-0.39, 0.29) is 30.0 Å². The number of nitrogens with zero attached hydrogens (tertiary/aromatic N) is 2. The minimum absolute atomic E-state index is 0. The van der Waals surface area contributed by atoms with Crippen LogP contribution in [0.25, 0.3) is 0 Å². The summed E-state index contributed by atoms with van der Waals surface area (Å²) in [4.78, 5) is 6.55. The van der Waals surface area contributed by atoms with Gasteiger partial charge in [-0.3, -0.25) is 4.99 Å². The van der Waals surface area contributed by atoms with Crippen molar-refractivity contribution in [2.24, 2.45) is 10.7 Å². The first kappa shape index (κ1) is 20.0. The number of hydrogen-bond acceptors (Lipinski definition) is 3. The molecule has 0 aliphatic rings. The second-order valence-corrected chi connectivity index (χ2v) is 4.91. The molecule has 120 valence electrons. The third-order valence-corrected chi connectivity index (χ3v) is 3.11. The van der Waals surface area contributed by atoms with Crippen molar-refractivity contribution in [2.75, 3.05) is 34.3 Å². The van der Waals surface area contributed by atoms with Gasteiger partial charge in [0.15, 0.2) is 5.96 Å². The summed E-state index contributed by atoms with van der Waals surface area (Å²) in [7, 11) is 5.75. The summed E-state index contributed by atoms with van der Waals surface area (Å²) in [6, 6.07) is 8.26. The van der Waals surface area contributed by atoms with Crippen molar-refractivity contribution in [3.05, 3.63) is 29.8 Å². The average Bonchev–Trinajstić information content (AvgIpc) is 2.45. The number of rotatable bonds is 7. The van der Waals surface area contributed by atoms with Crippen molar-refractivity contribution in [3.8, 4) is 5.75 Å². The van der Waals surface area contributed by atoms with Crippen LogP contribution in [-0.4, -0.2) is 45.2 Å². The van der Waals surface area contributed by atoms with Gasteiger partial charge in [-0.25, -0.2) is 0 Å². The molecule has 6 heteroatoms. The van der Waals surface area contributed by atoms with Gasteiger partial charge in [-0.15, -0.1) is 24.0 Å². The van der Waals surface area contributed by atoms with E-state index in [9.17, 15) is 0 Å². The molecule has 21 heavy (non-hydrogen) atoms. The molecule has 0 fully saturated rings. The summed E-state index contributed by atoms with van der Waals surface area (Å²) >= 11 is 0. The molecule has 0 spiro atoms. The van der Waals surface area contributed by atoms with E-state index in [0.29, 0.717) is 12.5 Å². The van der Waals surface area contributed by atoms with E-state index in [1.165, 1.54) is 5.56 Å². The third-order valence-electron chi connectivity index (χ3n) is 3.11. The Bertz CT molecular complexity index is 420. The molecule has 0 aliphatic heterocycles. The van der Waals surface area contributed by atoms with E-state index < -0.39 is 0 Å². The van der Waals surface area contributed by atoms with Gasteiger partial charge in [-0.1, -0.05) is 19.1 Å². The highest BCUT2D eigenvalue weighted by molar-refractivity contribution is 14.0. The summed E-state index contributed by atoms with van der Waals surface area (Å²) in [6.45, 7) is 3.58. The highest BCUT2D eigenvalue weighted by Crippen LogP contribution is 2.21. The molecule has 1 rings (SSSR count). The quantitative estimate of drug-likeness (QED) is 0.414.